The fourth-order valence-corrected chi connectivity index (χ4v) is 5.64. The average molecular weight is 447 g/mol. The highest BCUT2D eigenvalue weighted by Crippen LogP contribution is 2.39. The van der Waals surface area contributed by atoms with Crippen LogP contribution in [0.5, 0.6) is 0 Å². The van der Waals surface area contributed by atoms with Crippen molar-refractivity contribution in [1.82, 2.24) is 9.88 Å². The van der Waals surface area contributed by atoms with E-state index in [0.29, 0.717) is 37.5 Å². The first-order valence-corrected chi connectivity index (χ1v) is 12.1. The van der Waals surface area contributed by atoms with Gasteiger partial charge in [-0.15, -0.1) is 0 Å². The van der Waals surface area contributed by atoms with Gasteiger partial charge in [0.05, 0.1) is 5.41 Å². The van der Waals surface area contributed by atoms with Gasteiger partial charge < -0.3 is 9.64 Å². The van der Waals surface area contributed by atoms with E-state index in [1.807, 2.05) is 29.4 Å². The molecule has 1 atom stereocenters. The third kappa shape index (κ3) is 4.51. The molecule has 2 aliphatic rings. The maximum Gasteiger partial charge on any atom is 0.233 e. The van der Waals surface area contributed by atoms with Crippen LogP contribution >= 0.6 is 0 Å². The van der Waals surface area contributed by atoms with Crippen LogP contribution < -0.4 is 0 Å². The molecule has 3 aromatic rings. The van der Waals surface area contributed by atoms with E-state index in [-0.39, 0.29) is 11.7 Å². The van der Waals surface area contributed by atoms with Crippen molar-refractivity contribution in [1.29, 1.82) is 0 Å². The molecule has 0 radical (unpaired) electrons. The summed E-state index contributed by atoms with van der Waals surface area (Å²) in [7, 11) is 0. The lowest BCUT2D eigenvalue weighted by molar-refractivity contribution is -0.141. The van der Waals surface area contributed by atoms with E-state index < -0.39 is 5.41 Å². The molecule has 0 aliphatic carbocycles. The minimum absolute atomic E-state index is 0.0772. The number of rotatable bonds is 4. The van der Waals surface area contributed by atoms with E-state index in [0.717, 1.165) is 38.8 Å². The second-order valence-electron chi connectivity index (χ2n) is 9.52. The van der Waals surface area contributed by atoms with Gasteiger partial charge in [0.25, 0.3) is 0 Å². The van der Waals surface area contributed by atoms with E-state index in [4.69, 9.17) is 4.74 Å². The molecule has 2 aliphatic heterocycles. The number of aromatic nitrogens is 1. The van der Waals surface area contributed by atoms with Crippen LogP contribution in [0.3, 0.4) is 0 Å². The monoisotopic (exact) mass is 446 g/mol. The Morgan fingerprint density at radius 3 is 2.76 bits per heavy atom. The number of fused-ring (bicyclic) bond motifs is 1. The zero-order valence-electron chi connectivity index (χ0n) is 19.0. The van der Waals surface area contributed by atoms with Crippen LogP contribution in [0, 0.1) is 11.7 Å². The maximum atomic E-state index is 14.8. The summed E-state index contributed by atoms with van der Waals surface area (Å²) in [5, 5.41) is 2.38. The summed E-state index contributed by atoms with van der Waals surface area (Å²) < 4.78 is 20.4. The van der Waals surface area contributed by atoms with Crippen molar-refractivity contribution in [3.05, 3.63) is 77.9 Å². The van der Waals surface area contributed by atoms with Gasteiger partial charge in [-0.1, -0.05) is 30.3 Å². The Morgan fingerprint density at radius 2 is 1.91 bits per heavy atom. The Hall–Kier alpha value is -2.79. The molecule has 0 unspecified atom stereocenters. The summed E-state index contributed by atoms with van der Waals surface area (Å²) in [6, 6.07) is 15.4. The van der Waals surface area contributed by atoms with Crippen LogP contribution in [-0.2, 0) is 21.4 Å². The number of hydrogen-bond acceptors (Lipinski definition) is 3. The van der Waals surface area contributed by atoms with Gasteiger partial charge in [-0.25, -0.2) is 4.39 Å². The van der Waals surface area contributed by atoms with Crippen LogP contribution in [0.25, 0.3) is 10.8 Å². The smallest absolute Gasteiger partial charge is 0.233 e. The van der Waals surface area contributed by atoms with Gasteiger partial charge in [0.15, 0.2) is 0 Å². The van der Waals surface area contributed by atoms with Gasteiger partial charge >= 0.3 is 0 Å². The Balaban J connectivity index is 1.31. The van der Waals surface area contributed by atoms with Crippen LogP contribution in [0.2, 0.25) is 0 Å². The minimum atomic E-state index is -0.811. The number of nitrogens with zero attached hydrogens (tertiary/aromatic N) is 2. The summed E-state index contributed by atoms with van der Waals surface area (Å²) in [6.45, 7) is 2.46. The lowest BCUT2D eigenvalue weighted by atomic mass is 9.72. The number of hydrogen-bond donors (Lipinski definition) is 0. The molecule has 0 saturated carbocycles. The molecule has 5 rings (SSSR count). The van der Waals surface area contributed by atoms with Crippen molar-refractivity contribution in [3.63, 3.8) is 0 Å². The quantitative estimate of drug-likeness (QED) is 0.547. The molecule has 5 heteroatoms. The van der Waals surface area contributed by atoms with Crippen LogP contribution in [0.1, 0.15) is 43.2 Å². The maximum absolute atomic E-state index is 14.8. The van der Waals surface area contributed by atoms with Gasteiger partial charge in [-0.05, 0) is 73.6 Å². The topological polar surface area (TPSA) is 42.4 Å². The zero-order chi connectivity index (χ0) is 22.7. The van der Waals surface area contributed by atoms with E-state index in [2.05, 4.69) is 23.2 Å². The third-order valence-corrected chi connectivity index (χ3v) is 7.51. The Labute approximate surface area is 194 Å². The molecule has 1 amide bonds. The van der Waals surface area contributed by atoms with Crippen molar-refractivity contribution < 1.29 is 13.9 Å². The molecule has 2 saturated heterocycles. The highest BCUT2D eigenvalue weighted by molar-refractivity contribution is 5.88. The van der Waals surface area contributed by atoms with Crippen LogP contribution in [0.15, 0.2) is 60.9 Å². The third-order valence-electron chi connectivity index (χ3n) is 7.51. The Kier molecular flexibility index (Phi) is 6.41. The summed E-state index contributed by atoms with van der Waals surface area (Å²) in [4.78, 5) is 20.1. The van der Waals surface area contributed by atoms with Crippen LogP contribution in [-0.4, -0.2) is 42.1 Å². The highest BCUT2D eigenvalue weighted by Gasteiger charge is 2.45. The van der Waals surface area contributed by atoms with E-state index in [1.165, 1.54) is 22.4 Å². The zero-order valence-corrected chi connectivity index (χ0v) is 19.0. The van der Waals surface area contributed by atoms with Crippen molar-refractivity contribution in [2.75, 3.05) is 26.3 Å². The van der Waals surface area contributed by atoms with Crippen LogP contribution in [0.4, 0.5) is 4.39 Å². The molecule has 33 heavy (non-hydrogen) atoms. The van der Waals surface area contributed by atoms with Gasteiger partial charge in [-0.2, -0.15) is 0 Å². The lowest BCUT2D eigenvalue weighted by Gasteiger charge is -2.40. The van der Waals surface area contributed by atoms with Gasteiger partial charge in [-0.3, -0.25) is 9.78 Å². The first-order valence-electron chi connectivity index (χ1n) is 12.1. The molecule has 3 heterocycles. The number of halogens is 1. The number of amides is 1. The molecule has 0 spiro atoms. The Morgan fingerprint density at radius 1 is 1.06 bits per heavy atom. The summed E-state index contributed by atoms with van der Waals surface area (Å²) in [5.41, 5.74) is 1.05. The number of pyridine rings is 1. The fourth-order valence-electron chi connectivity index (χ4n) is 5.64. The molecule has 0 bridgehead atoms. The number of carbonyl (C=O) groups is 1. The Bertz CT molecular complexity index is 1130. The van der Waals surface area contributed by atoms with Gasteiger partial charge in [0.2, 0.25) is 5.91 Å². The van der Waals surface area contributed by atoms with E-state index >= 15 is 0 Å². The summed E-state index contributed by atoms with van der Waals surface area (Å²) in [5.74, 6) is 0.329. The highest BCUT2D eigenvalue weighted by atomic mass is 19.1. The predicted molar refractivity (Wildman–Crippen MR) is 127 cm³/mol. The lowest BCUT2D eigenvalue weighted by Crippen LogP contribution is -2.50. The predicted octanol–water partition coefficient (Wildman–Crippen LogP) is 5.29. The molecule has 2 aromatic carbocycles. The summed E-state index contributed by atoms with van der Waals surface area (Å²) >= 11 is 0. The van der Waals surface area contributed by atoms with Crippen molar-refractivity contribution in [2.45, 2.75) is 43.9 Å². The normalized spacial score (nSPS) is 21.0. The van der Waals surface area contributed by atoms with Crippen molar-refractivity contribution in [2.24, 2.45) is 5.92 Å². The molecule has 172 valence electrons. The molecule has 2 fully saturated rings. The van der Waals surface area contributed by atoms with Gasteiger partial charge in [0.1, 0.15) is 5.82 Å². The largest absolute Gasteiger partial charge is 0.381 e. The molecule has 4 nitrogen and oxygen atoms in total. The first-order chi connectivity index (χ1) is 16.2. The number of carbonyl (C=O) groups excluding carboxylic acids is 1. The van der Waals surface area contributed by atoms with E-state index in [1.54, 1.807) is 12.1 Å². The second kappa shape index (κ2) is 9.60. The molecular formula is C28H31FN2O2. The SMILES string of the molecule is O=C(N1CCC[C@H](Cc2ccc3ccncc3c2)CC1)C1(c2ccccc2F)CCOCC1. The number of benzene rings is 2. The minimum Gasteiger partial charge on any atom is -0.381 e. The standard InChI is InChI=1S/C28H31FN2O2/c29-26-6-2-1-5-25(26)28(11-16-33-17-12-28)27(32)31-14-3-4-21(10-15-31)18-22-7-8-23-9-13-30-20-24(23)19-22/h1-2,5-9,13,19-21H,3-4,10-12,14-18H2/t21-/m0/s1. The fraction of sp³-hybridized carbons (Fsp3) is 0.429. The molecule has 0 N–H and O–H groups in total. The average Bonchev–Trinajstić information content (AvgIpc) is 3.10. The van der Waals surface area contributed by atoms with Crippen molar-refractivity contribution in [3.8, 4) is 0 Å². The number of likely N-dealkylation sites (tertiary alicyclic amines) is 1. The number of ether oxygens (including phenoxy) is 1. The molecular weight excluding hydrogens is 415 g/mol. The molecule has 1 aromatic heterocycles. The first kappa shape index (κ1) is 22.0. The summed E-state index contributed by atoms with van der Waals surface area (Å²) in [6.07, 6.45) is 8.89. The van der Waals surface area contributed by atoms with Crippen molar-refractivity contribution >= 4 is 16.7 Å². The van der Waals surface area contributed by atoms with E-state index in [9.17, 15) is 9.18 Å². The van der Waals surface area contributed by atoms with Gasteiger partial charge in [0, 0.05) is 49.6 Å². The second-order valence-corrected chi connectivity index (χ2v) is 9.52.